The summed E-state index contributed by atoms with van der Waals surface area (Å²) in [6.07, 6.45) is 2.55. The zero-order valence-electron chi connectivity index (χ0n) is 9.69. The van der Waals surface area contributed by atoms with Crippen molar-refractivity contribution < 1.29 is 14.7 Å². The van der Waals surface area contributed by atoms with E-state index < -0.39 is 5.97 Å². The highest BCUT2D eigenvalue weighted by Gasteiger charge is 2.24. The molecule has 0 aromatic heterocycles. The molecular weight excluding hydrogens is 218 g/mol. The van der Waals surface area contributed by atoms with Crippen LogP contribution >= 0.6 is 0 Å². The Morgan fingerprint density at radius 3 is 2.82 bits per heavy atom. The summed E-state index contributed by atoms with van der Waals surface area (Å²) >= 11 is 0. The smallest absolute Gasteiger partial charge is 0.335 e. The number of amides is 1. The predicted octanol–water partition coefficient (Wildman–Crippen LogP) is 1.90. The van der Waals surface area contributed by atoms with Gasteiger partial charge in [0.15, 0.2) is 0 Å². The molecule has 2 rings (SSSR count). The molecule has 90 valence electrons. The van der Waals surface area contributed by atoms with Gasteiger partial charge in [-0.05, 0) is 36.5 Å². The summed E-state index contributed by atoms with van der Waals surface area (Å²) in [7, 11) is 0. The van der Waals surface area contributed by atoms with Crippen LogP contribution < -0.4 is 5.32 Å². The maximum absolute atomic E-state index is 11.1. The number of carboxylic acids is 1. The molecule has 4 heteroatoms. The molecule has 1 unspecified atom stereocenters. The van der Waals surface area contributed by atoms with E-state index in [2.05, 4.69) is 5.32 Å². The summed E-state index contributed by atoms with van der Waals surface area (Å²) in [6, 6.07) is 5.22. The summed E-state index contributed by atoms with van der Waals surface area (Å²) in [5.41, 5.74) is 2.17. The Hall–Kier alpha value is -1.84. The van der Waals surface area contributed by atoms with Gasteiger partial charge in [-0.3, -0.25) is 4.79 Å². The summed E-state index contributed by atoms with van der Waals surface area (Å²) in [5, 5.41) is 12.0. The van der Waals surface area contributed by atoms with Gasteiger partial charge < -0.3 is 10.4 Å². The van der Waals surface area contributed by atoms with E-state index >= 15 is 0 Å². The van der Waals surface area contributed by atoms with E-state index in [-0.39, 0.29) is 11.9 Å². The minimum Gasteiger partial charge on any atom is -0.478 e. The minimum absolute atomic E-state index is 0.0458. The van der Waals surface area contributed by atoms with Crippen molar-refractivity contribution in [3.63, 3.8) is 0 Å². The molecule has 0 aliphatic heterocycles. The lowest BCUT2D eigenvalue weighted by atomic mass is 9.85. The Kier molecular flexibility index (Phi) is 3.13. The second-order valence-electron chi connectivity index (χ2n) is 4.32. The van der Waals surface area contributed by atoms with Crippen molar-refractivity contribution in [1.82, 2.24) is 5.32 Å². The van der Waals surface area contributed by atoms with E-state index in [1.165, 1.54) is 6.92 Å². The Morgan fingerprint density at radius 1 is 1.41 bits per heavy atom. The van der Waals surface area contributed by atoms with Crippen LogP contribution in [0.4, 0.5) is 0 Å². The van der Waals surface area contributed by atoms with Gasteiger partial charge in [-0.25, -0.2) is 4.79 Å². The predicted molar refractivity (Wildman–Crippen MR) is 62.9 cm³/mol. The molecule has 1 aromatic carbocycles. The van der Waals surface area contributed by atoms with Crippen molar-refractivity contribution in [1.29, 1.82) is 0 Å². The Bertz CT molecular complexity index is 468. The average molecular weight is 233 g/mol. The molecule has 1 aliphatic carbocycles. The number of hydrogen-bond donors (Lipinski definition) is 2. The van der Waals surface area contributed by atoms with E-state index in [1.54, 1.807) is 12.1 Å². The maximum atomic E-state index is 11.1. The summed E-state index contributed by atoms with van der Waals surface area (Å²) in [4.78, 5) is 22.2. The SMILES string of the molecule is CC(=O)NC1CCCc2c(C(=O)O)cccc21. The maximum Gasteiger partial charge on any atom is 0.335 e. The fourth-order valence-electron chi connectivity index (χ4n) is 2.44. The number of benzene rings is 1. The van der Waals surface area contributed by atoms with Gasteiger partial charge in [-0.15, -0.1) is 0 Å². The standard InChI is InChI=1S/C13H15NO3/c1-8(15)14-12-7-3-4-9-10(12)5-2-6-11(9)13(16)17/h2,5-6,12H,3-4,7H2,1H3,(H,14,15)(H,16,17). The number of fused-ring (bicyclic) bond motifs is 1. The Morgan fingerprint density at radius 2 is 2.18 bits per heavy atom. The lowest BCUT2D eigenvalue weighted by Crippen LogP contribution is -2.29. The van der Waals surface area contributed by atoms with Crippen LogP contribution in [0.15, 0.2) is 18.2 Å². The average Bonchev–Trinajstić information content (AvgIpc) is 2.28. The van der Waals surface area contributed by atoms with Gasteiger partial charge in [0.2, 0.25) is 5.91 Å². The third kappa shape index (κ3) is 2.30. The quantitative estimate of drug-likeness (QED) is 0.819. The first-order valence-electron chi connectivity index (χ1n) is 5.72. The number of aromatic carboxylic acids is 1. The minimum atomic E-state index is -0.898. The second-order valence-corrected chi connectivity index (χ2v) is 4.32. The molecule has 0 saturated heterocycles. The van der Waals surface area contributed by atoms with E-state index in [9.17, 15) is 9.59 Å². The molecule has 1 amide bonds. The fraction of sp³-hybridized carbons (Fsp3) is 0.385. The molecule has 0 heterocycles. The Balaban J connectivity index is 2.42. The van der Waals surface area contributed by atoms with Crippen molar-refractivity contribution in [2.75, 3.05) is 0 Å². The van der Waals surface area contributed by atoms with Crippen LogP contribution in [-0.2, 0) is 11.2 Å². The largest absolute Gasteiger partial charge is 0.478 e. The molecule has 0 bridgehead atoms. The number of nitrogens with one attached hydrogen (secondary N) is 1. The van der Waals surface area contributed by atoms with E-state index in [0.29, 0.717) is 5.56 Å². The van der Waals surface area contributed by atoms with Crippen molar-refractivity contribution >= 4 is 11.9 Å². The van der Waals surface area contributed by atoms with Gasteiger partial charge in [0, 0.05) is 6.92 Å². The molecule has 0 saturated carbocycles. The fourth-order valence-corrected chi connectivity index (χ4v) is 2.44. The zero-order valence-corrected chi connectivity index (χ0v) is 9.69. The lowest BCUT2D eigenvalue weighted by molar-refractivity contribution is -0.119. The van der Waals surface area contributed by atoms with Gasteiger partial charge in [-0.1, -0.05) is 12.1 Å². The van der Waals surface area contributed by atoms with Crippen LogP contribution in [0.25, 0.3) is 0 Å². The first-order valence-corrected chi connectivity index (χ1v) is 5.72. The van der Waals surface area contributed by atoms with E-state index in [4.69, 9.17) is 5.11 Å². The van der Waals surface area contributed by atoms with Crippen LogP contribution in [0.3, 0.4) is 0 Å². The van der Waals surface area contributed by atoms with Crippen LogP contribution in [0.2, 0.25) is 0 Å². The topological polar surface area (TPSA) is 66.4 Å². The van der Waals surface area contributed by atoms with E-state index in [1.807, 2.05) is 6.07 Å². The highest BCUT2D eigenvalue weighted by Crippen LogP contribution is 2.31. The molecule has 17 heavy (non-hydrogen) atoms. The van der Waals surface area contributed by atoms with Crippen LogP contribution in [0.5, 0.6) is 0 Å². The third-order valence-corrected chi connectivity index (χ3v) is 3.12. The molecule has 1 atom stereocenters. The Labute approximate surface area is 99.6 Å². The van der Waals surface area contributed by atoms with Gasteiger partial charge in [-0.2, -0.15) is 0 Å². The summed E-state index contributed by atoms with van der Waals surface area (Å²) in [6.45, 7) is 1.48. The van der Waals surface area contributed by atoms with Crippen LogP contribution in [-0.4, -0.2) is 17.0 Å². The van der Waals surface area contributed by atoms with Gasteiger partial charge in [0.1, 0.15) is 0 Å². The first kappa shape index (κ1) is 11.6. The number of carboxylic acid groups (broad SMARTS) is 1. The molecule has 1 aliphatic rings. The summed E-state index contributed by atoms with van der Waals surface area (Å²) < 4.78 is 0. The molecule has 2 N–H and O–H groups in total. The van der Waals surface area contributed by atoms with Gasteiger partial charge >= 0.3 is 5.97 Å². The van der Waals surface area contributed by atoms with Crippen LogP contribution in [0, 0.1) is 0 Å². The monoisotopic (exact) mass is 233 g/mol. The lowest BCUT2D eigenvalue weighted by Gasteiger charge is -2.27. The highest BCUT2D eigenvalue weighted by atomic mass is 16.4. The summed E-state index contributed by atoms with van der Waals surface area (Å²) in [5.74, 6) is -0.978. The zero-order chi connectivity index (χ0) is 12.4. The van der Waals surface area contributed by atoms with Crippen molar-refractivity contribution in [2.24, 2.45) is 0 Å². The number of carbonyl (C=O) groups is 2. The van der Waals surface area contributed by atoms with Crippen LogP contribution in [0.1, 0.15) is 47.3 Å². The first-order chi connectivity index (χ1) is 8.09. The highest BCUT2D eigenvalue weighted by molar-refractivity contribution is 5.90. The van der Waals surface area contributed by atoms with E-state index in [0.717, 1.165) is 30.4 Å². The van der Waals surface area contributed by atoms with Crippen molar-refractivity contribution in [3.8, 4) is 0 Å². The molecule has 0 spiro atoms. The second kappa shape index (κ2) is 4.57. The normalized spacial score (nSPS) is 18.3. The number of carbonyl (C=O) groups excluding carboxylic acids is 1. The van der Waals surface area contributed by atoms with Gasteiger partial charge in [0.05, 0.1) is 11.6 Å². The number of hydrogen-bond acceptors (Lipinski definition) is 2. The third-order valence-electron chi connectivity index (χ3n) is 3.12. The van der Waals surface area contributed by atoms with Gasteiger partial charge in [0.25, 0.3) is 0 Å². The molecule has 0 radical (unpaired) electrons. The molecule has 0 fully saturated rings. The number of rotatable bonds is 2. The molecule has 1 aromatic rings. The van der Waals surface area contributed by atoms with Crippen molar-refractivity contribution in [2.45, 2.75) is 32.2 Å². The molecular formula is C13H15NO3. The molecule has 4 nitrogen and oxygen atoms in total. The van der Waals surface area contributed by atoms with Crippen molar-refractivity contribution in [3.05, 3.63) is 34.9 Å².